The highest BCUT2D eigenvalue weighted by Crippen LogP contribution is 2.34. The van der Waals surface area contributed by atoms with Crippen molar-refractivity contribution in [1.82, 2.24) is 14.5 Å². The van der Waals surface area contributed by atoms with Gasteiger partial charge in [0, 0.05) is 30.5 Å². The number of nitrogens with two attached hydrogens (primary N) is 1. The number of nitrogens with zero attached hydrogens (tertiary/aromatic N) is 3. The van der Waals surface area contributed by atoms with Crippen molar-refractivity contribution in [2.75, 3.05) is 0 Å². The van der Waals surface area contributed by atoms with Gasteiger partial charge in [-0.25, -0.2) is 4.98 Å². The van der Waals surface area contributed by atoms with E-state index in [1.165, 1.54) is 0 Å². The average Bonchev–Trinajstić information content (AvgIpc) is 2.69. The van der Waals surface area contributed by atoms with E-state index in [-0.39, 0.29) is 6.04 Å². The van der Waals surface area contributed by atoms with Crippen LogP contribution in [0.1, 0.15) is 24.6 Å². The SMILES string of the molecule is NC1CCCn2c(-c3ccncc3)nc(Br)c21. The van der Waals surface area contributed by atoms with E-state index < -0.39 is 0 Å². The summed E-state index contributed by atoms with van der Waals surface area (Å²) in [6, 6.07) is 4.03. The van der Waals surface area contributed by atoms with Crippen LogP contribution in [-0.4, -0.2) is 14.5 Å². The zero-order valence-corrected chi connectivity index (χ0v) is 10.9. The molecule has 0 aliphatic carbocycles. The average molecular weight is 293 g/mol. The Kier molecular flexibility index (Phi) is 2.72. The van der Waals surface area contributed by atoms with E-state index in [1.807, 2.05) is 12.1 Å². The van der Waals surface area contributed by atoms with E-state index in [4.69, 9.17) is 5.73 Å². The fraction of sp³-hybridized carbons (Fsp3) is 0.333. The zero-order valence-electron chi connectivity index (χ0n) is 9.31. The number of aromatic nitrogens is 3. The van der Waals surface area contributed by atoms with E-state index >= 15 is 0 Å². The maximum atomic E-state index is 6.14. The van der Waals surface area contributed by atoms with Crippen LogP contribution in [0.3, 0.4) is 0 Å². The highest BCUT2D eigenvalue weighted by molar-refractivity contribution is 9.10. The van der Waals surface area contributed by atoms with Gasteiger partial charge < -0.3 is 10.3 Å². The molecule has 0 bridgehead atoms. The molecule has 88 valence electrons. The van der Waals surface area contributed by atoms with Crippen LogP contribution in [0.15, 0.2) is 29.1 Å². The Labute approximate surface area is 108 Å². The Hall–Kier alpha value is -1.20. The molecule has 2 aromatic rings. The number of rotatable bonds is 1. The Morgan fingerprint density at radius 1 is 1.35 bits per heavy atom. The van der Waals surface area contributed by atoms with Crippen molar-refractivity contribution in [2.45, 2.75) is 25.4 Å². The predicted molar refractivity (Wildman–Crippen MR) is 69.3 cm³/mol. The molecule has 0 saturated heterocycles. The molecule has 3 heterocycles. The number of imidazole rings is 1. The van der Waals surface area contributed by atoms with Crippen LogP contribution in [0.4, 0.5) is 0 Å². The Bertz CT molecular complexity index is 535. The molecular weight excluding hydrogens is 280 g/mol. The number of pyridine rings is 1. The lowest BCUT2D eigenvalue weighted by Gasteiger charge is -2.22. The molecule has 2 aromatic heterocycles. The summed E-state index contributed by atoms with van der Waals surface area (Å²) in [6.07, 6.45) is 5.70. The van der Waals surface area contributed by atoms with Crippen LogP contribution in [-0.2, 0) is 6.54 Å². The van der Waals surface area contributed by atoms with Crippen LogP contribution in [0, 0.1) is 0 Å². The minimum Gasteiger partial charge on any atom is -0.326 e. The summed E-state index contributed by atoms with van der Waals surface area (Å²) in [5.41, 5.74) is 8.33. The predicted octanol–water partition coefficient (Wildman–Crippen LogP) is 2.50. The number of hydrogen-bond acceptors (Lipinski definition) is 3. The third-order valence-corrected chi connectivity index (χ3v) is 3.73. The molecule has 17 heavy (non-hydrogen) atoms. The fourth-order valence-corrected chi connectivity index (χ4v) is 3.02. The minimum atomic E-state index is 0.0845. The van der Waals surface area contributed by atoms with Crippen molar-refractivity contribution in [2.24, 2.45) is 5.73 Å². The number of hydrogen-bond donors (Lipinski definition) is 1. The largest absolute Gasteiger partial charge is 0.326 e. The smallest absolute Gasteiger partial charge is 0.141 e. The second-order valence-electron chi connectivity index (χ2n) is 4.25. The topological polar surface area (TPSA) is 56.7 Å². The maximum Gasteiger partial charge on any atom is 0.141 e. The van der Waals surface area contributed by atoms with Gasteiger partial charge in [-0.3, -0.25) is 4.98 Å². The molecule has 1 aliphatic heterocycles. The quantitative estimate of drug-likeness (QED) is 0.879. The van der Waals surface area contributed by atoms with Gasteiger partial charge >= 0.3 is 0 Å². The zero-order chi connectivity index (χ0) is 11.8. The summed E-state index contributed by atoms with van der Waals surface area (Å²) in [5.74, 6) is 0.976. The minimum absolute atomic E-state index is 0.0845. The molecule has 5 heteroatoms. The van der Waals surface area contributed by atoms with E-state index in [0.29, 0.717) is 0 Å². The lowest BCUT2D eigenvalue weighted by atomic mass is 10.1. The first-order valence-electron chi connectivity index (χ1n) is 5.69. The summed E-state index contributed by atoms with van der Waals surface area (Å²) >= 11 is 3.51. The van der Waals surface area contributed by atoms with Gasteiger partial charge in [0.1, 0.15) is 10.4 Å². The molecule has 0 aromatic carbocycles. The highest BCUT2D eigenvalue weighted by atomic mass is 79.9. The van der Waals surface area contributed by atoms with Gasteiger partial charge in [0.2, 0.25) is 0 Å². The molecule has 0 radical (unpaired) electrons. The standard InChI is InChI=1S/C12H13BrN4/c13-11-10-9(14)2-1-7-17(10)12(16-11)8-3-5-15-6-4-8/h3-6,9H,1-2,7,14H2. The van der Waals surface area contributed by atoms with Gasteiger partial charge in [-0.2, -0.15) is 0 Å². The summed E-state index contributed by atoms with van der Waals surface area (Å²) in [6.45, 7) is 0.985. The van der Waals surface area contributed by atoms with E-state index in [9.17, 15) is 0 Å². The number of halogens is 1. The fourth-order valence-electron chi connectivity index (χ4n) is 2.34. The van der Waals surface area contributed by atoms with Crippen LogP contribution < -0.4 is 5.73 Å². The van der Waals surface area contributed by atoms with Crippen molar-refractivity contribution in [3.8, 4) is 11.4 Å². The molecule has 1 aliphatic rings. The van der Waals surface area contributed by atoms with Gasteiger partial charge in [-0.05, 0) is 40.9 Å². The molecule has 0 saturated carbocycles. The van der Waals surface area contributed by atoms with Crippen molar-refractivity contribution < 1.29 is 0 Å². The van der Waals surface area contributed by atoms with E-state index in [2.05, 4.69) is 30.5 Å². The molecule has 1 unspecified atom stereocenters. The first-order chi connectivity index (χ1) is 8.27. The molecule has 4 nitrogen and oxygen atoms in total. The van der Waals surface area contributed by atoms with Crippen LogP contribution in [0.5, 0.6) is 0 Å². The molecule has 3 rings (SSSR count). The van der Waals surface area contributed by atoms with E-state index in [0.717, 1.165) is 41.1 Å². The second kappa shape index (κ2) is 4.23. The normalized spacial score (nSPS) is 19.1. The summed E-state index contributed by atoms with van der Waals surface area (Å²) in [7, 11) is 0. The van der Waals surface area contributed by atoms with Gasteiger partial charge in [-0.1, -0.05) is 0 Å². The summed E-state index contributed by atoms with van der Waals surface area (Å²) in [4.78, 5) is 8.62. The summed E-state index contributed by atoms with van der Waals surface area (Å²) in [5, 5.41) is 0. The van der Waals surface area contributed by atoms with Crippen molar-refractivity contribution in [3.63, 3.8) is 0 Å². The second-order valence-corrected chi connectivity index (χ2v) is 5.00. The third kappa shape index (κ3) is 1.79. The maximum absolute atomic E-state index is 6.14. The number of fused-ring (bicyclic) bond motifs is 1. The molecular formula is C12H13BrN4. The Morgan fingerprint density at radius 2 is 2.12 bits per heavy atom. The Balaban J connectivity index is 2.17. The monoisotopic (exact) mass is 292 g/mol. The lowest BCUT2D eigenvalue weighted by Crippen LogP contribution is -2.22. The van der Waals surface area contributed by atoms with Gasteiger partial charge in [-0.15, -0.1) is 0 Å². The molecule has 0 amide bonds. The van der Waals surface area contributed by atoms with Crippen LogP contribution >= 0.6 is 15.9 Å². The molecule has 0 fully saturated rings. The molecule has 0 spiro atoms. The summed E-state index contributed by atoms with van der Waals surface area (Å²) < 4.78 is 3.09. The van der Waals surface area contributed by atoms with Crippen molar-refractivity contribution in [1.29, 1.82) is 0 Å². The molecule has 2 N–H and O–H groups in total. The first-order valence-corrected chi connectivity index (χ1v) is 6.48. The van der Waals surface area contributed by atoms with Crippen molar-refractivity contribution in [3.05, 3.63) is 34.8 Å². The van der Waals surface area contributed by atoms with Crippen LogP contribution in [0.25, 0.3) is 11.4 Å². The highest BCUT2D eigenvalue weighted by Gasteiger charge is 2.24. The van der Waals surface area contributed by atoms with E-state index in [1.54, 1.807) is 12.4 Å². The van der Waals surface area contributed by atoms with Gasteiger partial charge in [0.25, 0.3) is 0 Å². The third-order valence-electron chi connectivity index (χ3n) is 3.15. The Morgan fingerprint density at radius 3 is 2.88 bits per heavy atom. The van der Waals surface area contributed by atoms with Gasteiger partial charge in [0.05, 0.1) is 5.69 Å². The first kappa shape index (κ1) is 10.9. The lowest BCUT2D eigenvalue weighted by molar-refractivity contribution is 0.464. The van der Waals surface area contributed by atoms with Gasteiger partial charge in [0.15, 0.2) is 0 Å². The molecule has 1 atom stereocenters. The van der Waals surface area contributed by atoms with Crippen LogP contribution in [0.2, 0.25) is 0 Å². The van der Waals surface area contributed by atoms with Crippen molar-refractivity contribution >= 4 is 15.9 Å².